The van der Waals surface area contributed by atoms with Crippen molar-refractivity contribution in [1.82, 2.24) is 40.3 Å². The second-order valence-corrected chi connectivity index (χ2v) is 8.83. The van der Waals surface area contributed by atoms with Gasteiger partial charge in [0, 0.05) is 48.7 Å². The van der Waals surface area contributed by atoms with Crippen molar-refractivity contribution in [3.8, 4) is 45.0 Å². The molecule has 0 unspecified atom stereocenters. The highest BCUT2D eigenvalue weighted by atomic mass is 15.2. The standard InChI is InChI=1S/2C15H14N6/c2*1-17-12-8-7-11(9-18-12)14-13(19-15(16)21-20-14)10-5-3-2-4-6-10/h2*2-9H,1H3,(H,17,18)(H2,16,19,21). The molecular weight excluding hydrogens is 528 g/mol. The van der Waals surface area contributed by atoms with Crippen LogP contribution in [-0.4, -0.2) is 54.4 Å². The number of nitrogens with zero attached hydrogens (tertiary/aromatic N) is 8. The molecule has 0 spiro atoms. The van der Waals surface area contributed by atoms with Gasteiger partial charge in [-0.05, 0) is 24.3 Å². The Kier molecular flexibility index (Phi) is 8.44. The molecule has 0 atom stereocenters. The molecule has 0 saturated heterocycles. The van der Waals surface area contributed by atoms with Crippen LogP contribution in [0.3, 0.4) is 0 Å². The summed E-state index contributed by atoms with van der Waals surface area (Å²) < 4.78 is 0. The maximum atomic E-state index is 5.68. The smallest absolute Gasteiger partial charge is 0.240 e. The number of benzene rings is 2. The van der Waals surface area contributed by atoms with Crippen molar-refractivity contribution in [2.45, 2.75) is 0 Å². The van der Waals surface area contributed by atoms with E-state index in [9.17, 15) is 0 Å². The number of aromatic nitrogens is 8. The minimum absolute atomic E-state index is 0.150. The predicted molar refractivity (Wildman–Crippen MR) is 165 cm³/mol. The molecule has 0 radical (unpaired) electrons. The Bertz CT molecular complexity index is 1610. The van der Waals surface area contributed by atoms with E-state index in [0.717, 1.165) is 33.9 Å². The third-order valence-electron chi connectivity index (χ3n) is 6.09. The Labute approximate surface area is 242 Å². The van der Waals surface area contributed by atoms with Gasteiger partial charge in [0.2, 0.25) is 11.9 Å². The minimum Gasteiger partial charge on any atom is -0.373 e. The maximum Gasteiger partial charge on any atom is 0.240 e. The van der Waals surface area contributed by atoms with Crippen LogP contribution in [0.25, 0.3) is 45.0 Å². The summed E-state index contributed by atoms with van der Waals surface area (Å²) in [5.74, 6) is 1.88. The molecule has 0 aliphatic rings. The molecule has 42 heavy (non-hydrogen) atoms. The number of hydrogen-bond donors (Lipinski definition) is 4. The van der Waals surface area contributed by atoms with E-state index in [1.807, 2.05) is 99.0 Å². The van der Waals surface area contributed by atoms with Crippen molar-refractivity contribution < 1.29 is 0 Å². The average molecular weight is 557 g/mol. The Morgan fingerprint density at radius 3 is 1.19 bits per heavy atom. The van der Waals surface area contributed by atoms with Crippen LogP contribution in [0.4, 0.5) is 23.5 Å². The molecular formula is C30H28N12. The first kappa shape index (κ1) is 27.5. The molecule has 6 rings (SSSR count). The summed E-state index contributed by atoms with van der Waals surface area (Å²) in [6, 6.07) is 27.1. The van der Waals surface area contributed by atoms with Gasteiger partial charge in [-0.1, -0.05) is 60.7 Å². The lowest BCUT2D eigenvalue weighted by Crippen LogP contribution is -2.02. The molecule has 0 bridgehead atoms. The number of pyridine rings is 2. The number of nitrogen functional groups attached to an aromatic ring is 2. The van der Waals surface area contributed by atoms with Gasteiger partial charge in [-0.2, -0.15) is 0 Å². The third-order valence-corrected chi connectivity index (χ3v) is 6.09. The molecule has 4 aromatic heterocycles. The summed E-state index contributed by atoms with van der Waals surface area (Å²) in [5, 5.41) is 22.0. The van der Waals surface area contributed by atoms with Gasteiger partial charge in [0.05, 0.1) is 0 Å². The fraction of sp³-hybridized carbons (Fsp3) is 0.0667. The van der Waals surface area contributed by atoms with Gasteiger partial charge in [0.25, 0.3) is 0 Å². The largest absolute Gasteiger partial charge is 0.373 e. The molecule has 4 heterocycles. The Morgan fingerprint density at radius 2 is 0.857 bits per heavy atom. The summed E-state index contributed by atoms with van der Waals surface area (Å²) in [6.45, 7) is 0. The number of anilines is 4. The number of rotatable bonds is 6. The molecule has 6 aromatic rings. The molecule has 208 valence electrons. The van der Waals surface area contributed by atoms with E-state index in [1.54, 1.807) is 12.4 Å². The van der Waals surface area contributed by atoms with Crippen LogP contribution < -0.4 is 22.1 Å². The second kappa shape index (κ2) is 12.9. The highest BCUT2D eigenvalue weighted by molar-refractivity contribution is 5.79. The molecule has 0 saturated carbocycles. The fourth-order valence-corrected chi connectivity index (χ4v) is 4.02. The Hall–Kier alpha value is -6.04. The van der Waals surface area contributed by atoms with Gasteiger partial charge < -0.3 is 22.1 Å². The van der Waals surface area contributed by atoms with Gasteiger partial charge in [-0.15, -0.1) is 20.4 Å². The summed E-state index contributed by atoms with van der Waals surface area (Å²) in [4.78, 5) is 17.2. The van der Waals surface area contributed by atoms with Crippen LogP contribution in [-0.2, 0) is 0 Å². The van der Waals surface area contributed by atoms with E-state index in [-0.39, 0.29) is 11.9 Å². The maximum absolute atomic E-state index is 5.68. The van der Waals surface area contributed by atoms with Gasteiger partial charge >= 0.3 is 0 Å². The van der Waals surface area contributed by atoms with Crippen LogP contribution >= 0.6 is 0 Å². The zero-order chi connectivity index (χ0) is 29.3. The van der Waals surface area contributed by atoms with Crippen molar-refractivity contribution in [2.75, 3.05) is 36.2 Å². The van der Waals surface area contributed by atoms with Crippen molar-refractivity contribution >= 4 is 23.5 Å². The number of nitrogens with one attached hydrogen (secondary N) is 2. The molecule has 12 heteroatoms. The van der Waals surface area contributed by atoms with Gasteiger partial charge in [0.15, 0.2) is 0 Å². The first-order chi connectivity index (χ1) is 20.6. The average Bonchev–Trinajstić information content (AvgIpc) is 3.06. The monoisotopic (exact) mass is 556 g/mol. The van der Waals surface area contributed by atoms with Crippen molar-refractivity contribution in [2.24, 2.45) is 0 Å². The predicted octanol–water partition coefficient (Wildman–Crippen LogP) is 4.45. The van der Waals surface area contributed by atoms with E-state index in [1.165, 1.54) is 0 Å². The van der Waals surface area contributed by atoms with Crippen LogP contribution in [0, 0.1) is 0 Å². The number of hydrogen-bond acceptors (Lipinski definition) is 12. The first-order valence-corrected chi connectivity index (χ1v) is 12.9. The van der Waals surface area contributed by atoms with Crippen molar-refractivity contribution in [1.29, 1.82) is 0 Å². The van der Waals surface area contributed by atoms with Crippen LogP contribution in [0.15, 0.2) is 97.3 Å². The Morgan fingerprint density at radius 1 is 0.452 bits per heavy atom. The molecule has 0 amide bonds. The molecule has 0 fully saturated rings. The van der Waals surface area contributed by atoms with Crippen molar-refractivity contribution in [3.05, 3.63) is 97.3 Å². The highest BCUT2D eigenvalue weighted by Crippen LogP contribution is 2.29. The summed E-state index contributed by atoms with van der Waals surface area (Å²) in [7, 11) is 3.64. The zero-order valence-electron chi connectivity index (χ0n) is 23.0. The zero-order valence-corrected chi connectivity index (χ0v) is 23.0. The summed E-state index contributed by atoms with van der Waals surface area (Å²) in [5.41, 5.74) is 17.6. The number of nitrogens with two attached hydrogens (primary N) is 2. The topological polar surface area (TPSA) is 179 Å². The first-order valence-electron chi connectivity index (χ1n) is 12.9. The lowest BCUT2D eigenvalue weighted by atomic mass is 10.1. The van der Waals surface area contributed by atoms with Crippen LogP contribution in [0.2, 0.25) is 0 Å². The fourth-order valence-electron chi connectivity index (χ4n) is 4.02. The molecule has 2 aromatic carbocycles. The van der Waals surface area contributed by atoms with Crippen LogP contribution in [0.1, 0.15) is 0 Å². The van der Waals surface area contributed by atoms with E-state index < -0.39 is 0 Å². The molecule has 0 aliphatic carbocycles. The van der Waals surface area contributed by atoms with Crippen molar-refractivity contribution in [3.63, 3.8) is 0 Å². The highest BCUT2D eigenvalue weighted by Gasteiger charge is 2.14. The lowest BCUT2D eigenvalue weighted by Gasteiger charge is -2.08. The van der Waals surface area contributed by atoms with E-state index in [0.29, 0.717) is 22.8 Å². The SMILES string of the molecule is CNc1ccc(-c2nnc(N)nc2-c2ccccc2)cn1.CNc1ccc(-c2nnc(N)nc2-c2ccccc2)cn1. The molecule has 12 nitrogen and oxygen atoms in total. The summed E-state index contributed by atoms with van der Waals surface area (Å²) >= 11 is 0. The van der Waals surface area contributed by atoms with Crippen LogP contribution in [0.5, 0.6) is 0 Å². The van der Waals surface area contributed by atoms with E-state index in [4.69, 9.17) is 11.5 Å². The lowest BCUT2D eigenvalue weighted by molar-refractivity contribution is 0.996. The Balaban J connectivity index is 0.000000168. The summed E-state index contributed by atoms with van der Waals surface area (Å²) in [6.07, 6.45) is 3.47. The third kappa shape index (κ3) is 6.39. The van der Waals surface area contributed by atoms with Gasteiger partial charge in [-0.3, -0.25) is 0 Å². The van der Waals surface area contributed by atoms with Gasteiger partial charge in [-0.25, -0.2) is 19.9 Å². The second-order valence-electron chi connectivity index (χ2n) is 8.83. The van der Waals surface area contributed by atoms with E-state index >= 15 is 0 Å². The quantitative estimate of drug-likeness (QED) is 0.227. The minimum atomic E-state index is 0.150. The molecule has 0 aliphatic heterocycles. The van der Waals surface area contributed by atoms with Gasteiger partial charge in [0.1, 0.15) is 34.4 Å². The normalized spacial score (nSPS) is 10.3. The van der Waals surface area contributed by atoms with E-state index in [2.05, 4.69) is 51.0 Å². The molecule has 6 N–H and O–H groups in total.